The fourth-order valence-corrected chi connectivity index (χ4v) is 7.64. The standard InChI is InChI=1S/C40H52N6O6S/c1-27(2)36(45-39(49)46(3)23-32-25-53-38(43-32)30-17-11-6-12-18-30)37(48)42-31(19-28-13-7-4-8-14-28)21-35(47)34(20-29-15-9-5-10-16-29)44-40(50)51-24-33-22-41-26-52-33/h4-5,7-10,13-16,22,25-27,30-31,34-36,47H,6,11-12,17-21,23-24H2,1-3H3,(H,42,48)(H,44,50)(H,45,49)/t31-,34-,35-,36-/m0/s1. The maximum absolute atomic E-state index is 14.0. The maximum Gasteiger partial charge on any atom is 0.407 e. The van der Waals surface area contributed by atoms with Crippen LogP contribution in [0.4, 0.5) is 9.59 Å². The SMILES string of the molecule is CC(C)[C@H](NC(=O)N(C)Cc1csc(C2CCCCC2)n1)C(=O)N[C@@H](Cc1ccccc1)C[C@H](O)[C@H](Cc1ccccc1)NC(=O)OCc1cnco1. The molecule has 53 heavy (non-hydrogen) atoms. The van der Waals surface area contributed by atoms with Gasteiger partial charge in [-0.1, -0.05) is 93.8 Å². The second kappa shape index (κ2) is 19.9. The molecule has 12 nitrogen and oxygen atoms in total. The van der Waals surface area contributed by atoms with Crippen LogP contribution in [0, 0.1) is 5.92 Å². The monoisotopic (exact) mass is 744 g/mol. The molecule has 5 rings (SSSR count). The Labute approximate surface area is 315 Å². The summed E-state index contributed by atoms with van der Waals surface area (Å²) >= 11 is 1.66. The van der Waals surface area contributed by atoms with Gasteiger partial charge in [0.15, 0.2) is 18.8 Å². The Morgan fingerprint density at radius 1 is 0.962 bits per heavy atom. The second-order valence-electron chi connectivity index (χ2n) is 14.2. The third-order valence-electron chi connectivity index (χ3n) is 9.59. The summed E-state index contributed by atoms with van der Waals surface area (Å²) in [6.07, 6.45) is 7.85. The molecule has 2 heterocycles. The molecule has 4 aromatic rings. The molecule has 2 aromatic carbocycles. The number of hydrogen-bond donors (Lipinski definition) is 4. The molecular weight excluding hydrogens is 693 g/mol. The van der Waals surface area contributed by atoms with Crippen LogP contribution in [0.2, 0.25) is 0 Å². The van der Waals surface area contributed by atoms with Crippen molar-refractivity contribution in [3.63, 3.8) is 0 Å². The van der Waals surface area contributed by atoms with Gasteiger partial charge in [-0.3, -0.25) is 4.79 Å². The van der Waals surface area contributed by atoms with E-state index in [9.17, 15) is 19.5 Å². The Bertz CT molecular complexity index is 1700. The lowest BCUT2D eigenvalue weighted by Crippen LogP contribution is -2.55. The minimum atomic E-state index is -1.07. The molecule has 284 valence electrons. The summed E-state index contributed by atoms with van der Waals surface area (Å²) in [5.74, 6) is 0.304. The van der Waals surface area contributed by atoms with Crippen LogP contribution in [0.3, 0.4) is 0 Å². The third-order valence-corrected chi connectivity index (χ3v) is 10.6. The average molecular weight is 745 g/mol. The number of rotatable bonds is 17. The number of oxazole rings is 1. The number of aliphatic hydroxyl groups excluding tert-OH is 1. The number of thiazole rings is 1. The highest BCUT2D eigenvalue weighted by molar-refractivity contribution is 7.09. The second-order valence-corrected chi connectivity index (χ2v) is 15.1. The molecule has 1 aliphatic carbocycles. The highest BCUT2D eigenvalue weighted by Crippen LogP contribution is 2.34. The van der Waals surface area contributed by atoms with Crippen molar-refractivity contribution in [2.24, 2.45) is 5.92 Å². The number of aromatic nitrogens is 2. The van der Waals surface area contributed by atoms with E-state index in [1.165, 1.54) is 31.9 Å². The first-order valence-corrected chi connectivity index (χ1v) is 19.4. The zero-order valence-corrected chi connectivity index (χ0v) is 31.6. The first-order valence-electron chi connectivity index (χ1n) is 18.5. The third kappa shape index (κ3) is 12.4. The predicted octanol–water partition coefficient (Wildman–Crippen LogP) is 6.36. The van der Waals surface area contributed by atoms with E-state index in [4.69, 9.17) is 14.1 Å². The van der Waals surface area contributed by atoms with Crippen molar-refractivity contribution in [1.29, 1.82) is 0 Å². The summed E-state index contributed by atoms with van der Waals surface area (Å²) in [6.45, 7) is 3.98. The van der Waals surface area contributed by atoms with Crippen LogP contribution in [0.1, 0.15) is 85.9 Å². The number of nitrogens with one attached hydrogen (secondary N) is 3. The number of hydrogen-bond acceptors (Lipinski definition) is 9. The number of ether oxygens (including phenoxy) is 1. The lowest BCUT2D eigenvalue weighted by molar-refractivity contribution is -0.124. The van der Waals surface area contributed by atoms with Crippen LogP contribution in [0.15, 0.2) is 83.1 Å². The van der Waals surface area contributed by atoms with E-state index in [-0.39, 0.29) is 30.9 Å². The molecule has 4 amide bonds. The summed E-state index contributed by atoms with van der Waals surface area (Å²) in [6, 6.07) is 16.7. The molecule has 0 radical (unpaired) electrons. The van der Waals surface area contributed by atoms with Crippen LogP contribution >= 0.6 is 11.3 Å². The van der Waals surface area contributed by atoms with Crippen molar-refractivity contribution >= 4 is 29.4 Å². The van der Waals surface area contributed by atoms with Crippen LogP contribution in [0.25, 0.3) is 0 Å². The van der Waals surface area contributed by atoms with E-state index in [2.05, 4.69) is 20.9 Å². The maximum atomic E-state index is 14.0. The molecule has 0 spiro atoms. The predicted molar refractivity (Wildman–Crippen MR) is 203 cm³/mol. The van der Waals surface area contributed by atoms with Gasteiger partial charge in [-0.05, 0) is 49.1 Å². The topological polar surface area (TPSA) is 159 Å². The largest absolute Gasteiger partial charge is 0.445 e. The molecule has 1 fully saturated rings. The summed E-state index contributed by atoms with van der Waals surface area (Å²) in [7, 11) is 1.70. The molecule has 0 bridgehead atoms. The number of carbonyl (C=O) groups is 3. The molecule has 1 aliphatic rings. The highest BCUT2D eigenvalue weighted by atomic mass is 32.1. The van der Waals surface area contributed by atoms with E-state index in [1.54, 1.807) is 23.3 Å². The molecule has 1 saturated carbocycles. The van der Waals surface area contributed by atoms with Crippen molar-refractivity contribution in [2.45, 2.75) is 109 Å². The van der Waals surface area contributed by atoms with E-state index < -0.39 is 30.3 Å². The van der Waals surface area contributed by atoms with Crippen LogP contribution in [-0.4, -0.2) is 69.3 Å². The Hall–Kier alpha value is -4.75. The molecule has 0 unspecified atom stereocenters. The minimum absolute atomic E-state index is 0.116. The van der Waals surface area contributed by atoms with Crippen LogP contribution in [-0.2, 0) is 35.5 Å². The Morgan fingerprint density at radius 3 is 2.28 bits per heavy atom. The molecule has 2 aromatic heterocycles. The average Bonchev–Trinajstić information content (AvgIpc) is 3.86. The van der Waals surface area contributed by atoms with Gasteiger partial charge in [-0.25, -0.2) is 19.6 Å². The molecule has 13 heteroatoms. The summed E-state index contributed by atoms with van der Waals surface area (Å²) in [4.78, 5) is 50.5. The van der Waals surface area contributed by atoms with Gasteiger partial charge in [0.25, 0.3) is 0 Å². The smallest absolute Gasteiger partial charge is 0.407 e. The van der Waals surface area contributed by atoms with Crippen LogP contribution < -0.4 is 16.0 Å². The molecule has 0 saturated heterocycles. The van der Waals surface area contributed by atoms with Gasteiger partial charge in [0, 0.05) is 24.4 Å². The van der Waals surface area contributed by atoms with Crippen molar-refractivity contribution in [3.8, 4) is 0 Å². The fraction of sp³-hybridized carbons (Fsp3) is 0.475. The number of urea groups is 1. The number of carbonyl (C=O) groups excluding carboxylic acids is 3. The van der Waals surface area contributed by atoms with E-state index in [0.29, 0.717) is 31.1 Å². The number of benzene rings is 2. The van der Waals surface area contributed by atoms with Gasteiger partial charge in [0.05, 0.1) is 35.6 Å². The Morgan fingerprint density at radius 2 is 1.64 bits per heavy atom. The van der Waals surface area contributed by atoms with Crippen molar-refractivity contribution in [1.82, 2.24) is 30.8 Å². The van der Waals surface area contributed by atoms with E-state index >= 15 is 0 Å². The number of aliphatic hydroxyl groups is 1. The lowest BCUT2D eigenvalue weighted by atomic mass is 9.90. The van der Waals surface area contributed by atoms with Gasteiger partial charge in [-0.2, -0.15) is 0 Å². The molecule has 4 N–H and O–H groups in total. The summed E-state index contributed by atoms with van der Waals surface area (Å²) in [5.41, 5.74) is 2.71. The van der Waals surface area contributed by atoms with Gasteiger partial charge >= 0.3 is 12.1 Å². The van der Waals surface area contributed by atoms with Crippen LogP contribution in [0.5, 0.6) is 0 Å². The fourth-order valence-electron chi connectivity index (χ4n) is 6.66. The first kappa shape index (κ1) is 39.5. The van der Waals surface area contributed by atoms with Crippen molar-refractivity contribution in [2.75, 3.05) is 7.05 Å². The molecule has 4 atom stereocenters. The zero-order chi connectivity index (χ0) is 37.6. The first-order chi connectivity index (χ1) is 25.6. The van der Waals surface area contributed by atoms with Crippen molar-refractivity contribution < 1.29 is 28.6 Å². The minimum Gasteiger partial charge on any atom is -0.445 e. The highest BCUT2D eigenvalue weighted by Gasteiger charge is 2.31. The Kier molecular flexibility index (Phi) is 14.8. The normalized spacial score (nSPS) is 15.6. The van der Waals surface area contributed by atoms with Gasteiger partial charge in [0.2, 0.25) is 5.91 Å². The zero-order valence-electron chi connectivity index (χ0n) is 30.8. The quantitative estimate of drug-likeness (QED) is 0.0973. The lowest BCUT2D eigenvalue weighted by Gasteiger charge is -2.30. The number of amides is 4. The van der Waals surface area contributed by atoms with Gasteiger partial charge in [0.1, 0.15) is 6.04 Å². The number of alkyl carbamates (subject to hydrolysis) is 1. The van der Waals surface area contributed by atoms with Crippen molar-refractivity contribution in [3.05, 3.63) is 106 Å². The molecular formula is C40H52N6O6S. The van der Waals surface area contributed by atoms with E-state index in [1.807, 2.05) is 79.9 Å². The Balaban J connectivity index is 1.25. The summed E-state index contributed by atoms with van der Waals surface area (Å²) in [5, 5.41) is 23.7. The number of nitrogens with zero attached hydrogens (tertiary/aromatic N) is 3. The molecule has 0 aliphatic heterocycles. The van der Waals surface area contributed by atoms with E-state index in [0.717, 1.165) is 34.7 Å². The summed E-state index contributed by atoms with van der Waals surface area (Å²) < 4.78 is 10.5. The van der Waals surface area contributed by atoms with Gasteiger partial charge in [-0.15, -0.1) is 11.3 Å². The van der Waals surface area contributed by atoms with Gasteiger partial charge < -0.3 is 35.1 Å².